The summed E-state index contributed by atoms with van der Waals surface area (Å²) in [5.41, 5.74) is 1.15. The predicted molar refractivity (Wildman–Crippen MR) is 109 cm³/mol. The Morgan fingerprint density at radius 2 is 2.04 bits per heavy atom. The molecule has 1 saturated carbocycles. The first-order valence-corrected chi connectivity index (χ1v) is 10.5. The quantitative estimate of drug-likeness (QED) is 0.718. The Balaban J connectivity index is 0.000000193. The van der Waals surface area contributed by atoms with E-state index in [0.29, 0.717) is 12.5 Å². The lowest BCUT2D eigenvalue weighted by molar-refractivity contribution is 0.0541. The standard InChI is InChI=1S/C15H26N2O.C7H5ClO/c1-12(2)15(18)14(17-9-8-16-11-17)10-13-6-4-3-5-7-13;8-6-3-5-1-2-7(6)9-4-5/h8-9,11-15,18H,3-7,10H2,1-2H3;1-3H,4H2. The number of hydrogen-bond acceptors (Lipinski definition) is 3. The fourth-order valence-corrected chi connectivity index (χ4v) is 4.28. The number of rotatable bonds is 5. The van der Waals surface area contributed by atoms with Gasteiger partial charge in [0, 0.05) is 12.4 Å². The van der Waals surface area contributed by atoms with Crippen molar-refractivity contribution in [3.05, 3.63) is 47.5 Å². The molecule has 2 unspecified atom stereocenters. The molecule has 2 atom stereocenters. The molecule has 1 aromatic carbocycles. The summed E-state index contributed by atoms with van der Waals surface area (Å²) >= 11 is 5.74. The van der Waals surface area contributed by atoms with E-state index in [9.17, 15) is 5.11 Å². The molecule has 3 heterocycles. The lowest BCUT2D eigenvalue weighted by Gasteiger charge is -2.32. The van der Waals surface area contributed by atoms with Gasteiger partial charge in [-0.1, -0.05) is 63.6 Å². The van der Waals surface area contributed by atoms with Crippen LogP contribution in [-0.2, 0) is 6.61 Å². The summed E-state index contributed by atoms with van der Waals surface area (Å²) in [5.74, 6) is 1.87. The van der Waals surface area contributed by atoms with Gasteiger partial charge < -0.3 is 14.4 Å². The van der Waals surface area contributed by atoms with Gasteiger partial charge in [-0.05, 0) is 36.0 Å². The molecule has 2 aliphatic heterocycles. The van der Waals surface area contributed by atoms with Crippen molar-refractivity contribution in [3.63, 3.8) is 0 Å². The second-order valence-corrected chi connectivity index (χ2v) is 8.51. The zero-order valence-corrected chi connectivity index (χ0v) is 17.1. The van der Waals surface area contributed by atoms with Crippen molar-refractivity contribution in [2.24, 2.45) is 11.8 Å². The average Bonchev–Trinajstić information content (AvgIpc) is 3.22. The highest BCUT2D eigenvalue weighted by Crippen LogP contribution is 2.33. The Hall–Kier alpha value is -1.52. The largest absolute Gasteiger partial charge is 0.487 e. The van der Waals surface area contributed by atoms with E-state index in [1.807, 2.05) is 30.7 Å². The van der Waals surface area contributed by atoms with Crippen LogP contribution in [-0.4, -0.2) is 20.8 Å². The van der Waals surface area contributed by atoms with Gasteiger partial charge >= 0.3 is 0 Å². The fraction of sp³-hybridized carbons (Fsp3) is 0.591. The van der Waals surface area contributed by atoms with Gasteiger partial charge in [0.25, 0.3) is 0 Å². The predicted octanol–water partition coefficient (Wildman–Crippen LogP) is 5.64. The highest BCUT2D eigenvalue weighted by molar-refractivity contribution is 6.32. The lowest BCUT2D eigenvalue weighted by atomic mass is 9.82. The van der Waals surface area contributed by atoms with Crippen LogP contribution in [0.15, 0.2) is 36.9 Å². The van der Waals surface area contributed by atoms with E-state index >= 15 is 0 Å². The van der Waals surface area contributed by atoms with E-state index in [1.165, 1.54) is 32.1 Å². The topological polar surface area (TPSA) is 47.3 Å². The van der Waals surface area contributed by atoms with Crippen LogP contribution in [0.3, 0.4) is 0 Å². The Morgan fingerprint density at radius 1 is 1.26 bits per heavy atom. The third kappa shape index (κ3) is 5.49. The monoisotopic (exact) mass is 390 g/mol. The number of nitrogens with zero attached hydrogens (tertiary/aromatic N) is 2. The molecule has 5 heteroatoms. The maximum Gasteiger partial charge on any atom is 0.138 e. The van der Waals surface area contributed by atoms with Crippen molar-refractivity contribution >= 4 is 11.6 Å². The minimum atomic E-state index is -0.277. The van der Waals surface area contributed by atoms with Crippen molar-refractivity contribution < 1.29 is 9.84 Å². The van der Waals surface area contributed by atoms with E-state index in [0.717, 1.165) is 28.7 Å². The molecule has 3 aliphatic rings. The van der Waals surface area contributed by atoms with E-state index in [4.69, 9.17) is 16.3 Å². The van der Waals surface area contributed by atoms with Crippen molar-refractivity contribution in [2.45, 2.75) is 71.1 Å². The number of halogens is 1. The molecular formula is C22H31ClN2O2. The van der Waals surface area contributed by atoms with Crippen LogP contribution in [0.25, 0.3) is 0 Å². The minimum Gasteiger partial charge on any atom is -0.487 e. The van der Waals surface area contributed by atoms with Gasteiger partial charge in [-0.3, -0.25) is 0 Å². The van der Waals surface area contributed by atoms with E-state index in [-0.39, 0.29) is 12.1 Å². The first-order chi connectivity index (χ1) is 13.0. The highest BCUT2D eigenvalue weighted by atomic mass is 35.5. The van der Waals surface area contributed by atoms with Crippen LogP contribution >= 0.6 is 11.6 Å². The number of aliphatic hydroxyl groups excluding tert-OH is 1. The molecular weight excluding hydrogens is 360 g/mol. The van der Waals surface area contributed by atoms with Gasteiger partial charge in [0.05, 0.1) is 23.5 Å². The maximum absolute atomic E-state index is 10.4. The molecule has 0 amide bonds. The van der Waals surface area contributed by atoms with Crippen LogP contribution < -0.4 is 4.74 Å². The first-order valence-electron chi connectivity index (χ1n) is 10.1. The number of hydrogen-bond donors (Lipinski definition) is 1. The number of imidazole rings is 1. The Bertz CT molecular complexity index is 696. The molecule has 0 saturated heterocycles. The van der Waals surface area contributed by atoms with E-state index in [1.54, 1.807) is 6.20 Å². The van der Waals surface area contributed by atoms with Crippen LogP contribution in [0, 0.1) is 11.8 Å². The number of fused-ring (bicyclic) bond motifs is 3. The van der Waals surface area contributed by atoms with Crippen molar-refractivity contribution in [1.29, 1.82) is 0 Å². The van der Waals surface area contributed by atoms with Crippen molar-refractivity contribution in [3.8, 4) is 5.75 Å². The molecule has 5 rings (SSSR count). The van der Waals surface area contributed by atoms with Crippen LogP contribution in [0.5, 0.6) is 5.75 Å². The van der Waals surface area contributed by atoms with Gasteiger partial charge in [-0.25, -0.2) is 4.98 Å². The SMILES string of the molecule is CC(C)C(O)C(CC1CCCCC1)n1ccnc1.Clc1cc2ccc1OC2. The number of ether oxygens (including phenoxy) is 1. The van der Waals surface area contributed by atoms with E-state index < -0.39 is 0 Å². The second-order valence-electron chi connectivity index (χ2n) is 8.11. The molecule has 148 valence electrons. The van der Waals surface area contributed by atoms with Crippen LogP contribution in [0.4, 0.5) is 0 Å². The van der Waals surface area contributed by atoms with Gasteiger partial charge in [0.15, 0.2) is 0 Å². The summed E-state index contributed by atoms with van der Waals surface area (Å²) < 4.78 is 7.28. The highest BCUT2D eigenvalue weighted by Gasteiger charge is 2.27. The van der Waals surface area contributed by atoms with Crippen LogP contribution in [0.2, 0.25) is 5.02 Å². The molecule has 27 heavy (non-hydrogen) atoms. The Morgan fingerprint density at radius 3 is 2.48 bits per heavy atom. The molecule has 1 fully saturated rings. The zero-order chi connectivity index (χ0) is 19.2. The summed E-state index contributed by atoms with van der Waals surface area (Å²) in [6.45, 7) is 4.87. The molecule has 2 aromatic rings. The molecule has 2 bridgehead atoms. The normalized spacial score (nSPS) is 18.6. The molecule has 1 N–H and O–H groups in total. The van der Waals surface area contributed by atoms with Crippen molar-refractivity contribution in [1.82, 2.24) is 9.55 Å². The number of aliphatic hydroxyl groups is 1. The minimum absolute atomic E-state index is 0.190. The maximum atomic E-state index is 10.4. The molecule has 4 nitrogen and oxygen atoms in total. The smallest absolute Gasteiger partial charge is 0.138 e. The van der Waals surface area contributed by atoms with Crippen molar-refractivity contribution in [2.75, 3.05) is 0 Å². The summed E-state index contributed by atoms with van der Waals surface area (Å²) in [5, 5.41) is 11.2. The summed E-state index contributed by atoms with van der Waals surface area (Å²) in [6.07, 6.45) is 13.2. The summed E-state index contributed by atoms with van der Waals surface area (Å²) in [4.78, 5) is 4.13. The van der Waals surface area contributed by atoms with E-state index in [2.05, 4.69) is 23.4 Å². The molecule has 1 aromatic heterocycles. The van der Waals surface area contributed by atoms with Gasteiger partial charge in [0.1, 0.15) is 12.4 Å². The molecule has 1 aliphatic carbocycles. The average molecular weight is 391 g/mol. The Labute approximate surface area is 167 Å². The molecule has 0 spiro atoms. The first kappa shape index (κ1) is 20.2. The fourth-order valence-electron chi connectivity index (χ4n) is 4.02. The van der Waals surface area contributed by atoms with Gasteiger partial charge in [0.2, 0.25) is 0 Å². The Kier molecular flexibility index (Phi) is 7.20. The summed E-state index contributed by atoms with van der Waals surface area (Å²) in [6, 6.07) is 6.03. The zero-order valence-electron chi connectivity index (χ0n) is 16.4. The van der Waals surface area contributed by atoms with Gasteiger partial charge in [-0.2, -0.15) is 0 Å². The summed E-state index contributed by atoms with van der Waals surface area (Å²) in [7, 11) is 0. The lowest BCUT2D eigenvalue weighted by Crippen LogP contribution is -2.30. The third-order valence-electron chi connectivity index (χ3n) is 5.68. The number of aromatic nitrogens is 2. The van der Waals surface area contributed by atoms with Gasteiger partial charge in [-0.15, -0.1) is 0 Å². The second kappa shape index (κ2) is 9.61. The molecule has 0 radical (unpaired) electrons. The number of benzene rings is 1. The van der Waals surface area contributed by atoms with Crippen LogP contribution in [0.1, 0.15) is 64.0 Å². The third-order valence-corrected chi connectivity index (χ3v) is 5.97.